The molecular weight excluding hydrogens is 168 g/mol. The third-order valence-corrected chi connectivity index (χ3v) is 3.06. The third-order valence-electron chi connectivity index (χ3n) is 3.06. The predicted octanol–water partition coefficient (Wildman–Crippen LogP) is -0.261. The molecule has 2 heterocycles. The lowest BCUT2D eigenvalue weighted by molar-refractivity contribution is -0.149. The number of carbonyl (C=O) groups is 1. The number of nitriles is 1. The molecular formula is C9H12N2O2. The molecule has 1 N–H and O–H groups in total. The highest BCUT2D eigenvalue weighted by Crippen LogP contribution is 2.39. The monoisotopic (exact) mass is 180 g/mol. The summed E-state index contributed by atoms with van der Waals surface area (Å²) in [6.45, 7) is 1.27. The van der Waals surface area contributed by atoms with E-state index in [1.54, 1.807) is 4.90 Å². The van der Waals surface area contributed by atoms with E-state index < -0.39 is 0 Å². The van der Waals surface area contributed by atoms with E-state index in [0.29, 0.717) is 13.1 Å². The number of hydrogen-bond donors (Lipinski definition) is 1. The second-order valence-corrected chi connectivity index (χ2v) is 3.88. The number of aliphatic hydroxyl groups excluding tert-OH is 1. The highest BCUT2D eigenvalue weighted by molar-refractivity contribution is 5.78. The molecule has 0 aromatic carbocycles. The van der Waals surface area contributed by atoms with Gasteiger partial charge in [0.05, 0.1) is 12.2 Å². The molecule has 3 atom stereocenters. The normalized spacial score (nSPS) is 36.3. The molecule has 3 aliphatic rings. The van der Waals surface area contributed by atoms with Crippen LogP contribution in [0.25, 0.3) is 0 Å². The summed E-state index contributed by atoms with van der Waals surface area (Å²) < 4.78 is 0. The quantitative estimate of drug-likeness (QED) is 0.604. The molecule has 4 heteroatoms. The fourth-order valence-corrected chi connectivity index (χ4v) is 2.25. The maximum Gasteiger partial charge on any atom is 0.236 e. The molecule has 0 spiro atoms. The Labute approximate surface area is 76.8 Å². The molecule has 2 aliphatic heterocycles. The van der Waals surface area contributed by atoms with Crippen LogP contribution < -0.4 is 0 Å². The minimum absolute atomic E-state index is 0.0322. The van der Waals surface area contributed by atoms with Gasteiger partial charge in [0.15, 0.2) is 0 Å². The van der Waals surface area contributed by atoms with Crippen LogP contribution in [0.15, 0.2) is 0 Å². The first kappa shape index (κ1) is 8.52. The van der Waals surface area contributed by atoms with Crippen molar-refractivity contribution in [1.82, 2.24) is 4.90 Å². The Hall–Kier alpha value is -1.08. The first-order valence-electron chi connectivity index (χ1n) is 4.55. The lowest BCUT2D eigenvalue weighted by Gasteiger charge is -2.50. The zero-order valence-electron chi connectivity index (χ0n) is 7.31. The van der Waals surface area contributed by atoms with Gasteiger partial charge in [0.1, 0.15) is 6.42 Å². The van der Waals surface area contributed by atoms with Gasteiger partial charge in [-0.1, -0.05) is 0 Å². The standard InChI is InChI=1S/C9H12N2O2/c10-2-1-8(12)11-4-6-3-7(5-11)9(6)13/h6-7,9,13H,1,3-5H2/t6-,7+,9?. The van der Waals surface area contributed by atoms with Crippen molar-refractivity contribution < 1.29 is 9.90 Å². The average molecular weight is 180 g/mol. The molecule has 0 aromatic rings. The zero-order chi connectivity index (χ0) is 9.42. The number of amides is 1. The molecule has 1 saturated carbocycles. The molecule has 13 heavy (non-hydrogen) atoms. The summed E-state index contributed by atoms with van der Waals surface area (Å²) >= 11 is 0. The van der Waals surface area contributed by atoms with Crippen molar-refractivity contribution in [3.8, 4) is 6.07 Å². The van der Waals surface area contributed by atoms with Crippen molar-refractivity contribution in [2.75, 3.05) is 13.1 Å². The van der Waals surface area contributed by atoms with Gasteiger partial charge in [-0.15, -0.1) is 0 Å². The van der Waals surface area contributed by atoms with Gasteiger partial charge in [0, 0.05) is 24.9 Å². The van der Waals surface area contributed by atoms with Gasteiger partial charge in [-0.25, -0.2) is 0 Å². The van der Waals surface area contributed by atoms with Crippen molar-refractivity contribution in [3.05, 3.63) is 0 Å². The van der Waals surface area contributed by atoms with Crippen LogP contribution in [0, 0.1) is 23.2 Å². The highest BCUT2D eigenvalue weighted by atomic mass is 16.3. The maximum atomic E-state index is 11.3. The van der Waals surface area contributed by atoms with Crippen LogP contribution in [-0.4, -0.2) is 35.1 Å². The number of carbonyl (C=O) groups excluding carboxylic acids is 1. The first-order valence-corrected chi connectivity index (χ1v) is 4.55. The van der Waals surface area contributed by atoms with Gasteiger partial charge in [0.25, 0.3) is 0 Å². The molecule has 0 radical (unpaired) electrons. The SMILES string of the molecule is N#CCC(=O)N1C[C@H]2C[C@@H](C1)C2O. The van der Waals surface area contributed by atoms with Crippen LogP contribution in [0.4, 0.5) is 0 Å². The van der Waals surface area contributed by atoms with Crippen LogP contribution in [0.1, 0.15) is 12.8 Å². The Morgan fingerprint density at radius 2 is 2.15 bits per heavy atom. The lowest BCUT2D eigenvalue weighted by atomic mass is 9.68. The van der Waals surface area contributed by atoms with E-state index in [9.17, 15) is 9.90 Å². The van der Waals surface area contributed by atoms with Crippen LogP contribution in [0.2, 0.25) is 0 Å². The van der Waals surface area contributed by atoms with E-state index in [4.69, 9.17) is 5.26 Å². The summed E-state index contributed by atoms with van der Waals surface area (Å²) in [7, 11) is 0. The fraction of sp³-hybridized carbons (Fsp3) is 0.778. The van der Waals surface area contributed by atoms with E-state index in [0.717, 1.165) is 6.42 Å². The van der Waals surface area contributed by atoms with Gasteiger partial charge in [-0.05, 0) is 6.42 Å². The van der Waals surface area contributed by atoms with Crippen LogP contribution in [-0.2, 0) is 4.79 Å². The smallest absolute Gasteiger partial charge is 0.236 e. The summed E-state index contributed by atoms with van der Waals surface area (Å²) in [6, 6.07) is 1.85. The Bertz CT molecular complexity index is 259. The molecule has 1 unspecified atom stereocenters. The number of nitrogens with zero attached hydrogens (tertiary/aromatic N) is 2. The number of fused-ring (bicyclic) bond motifs is 2. The van der Waals surface area contributed by atoms with E-state index in [2.05, 4.69) is 0 Å². The molecule has 2 saturated heterocycles. The Kier molecular flexibility index (Phi) is 1.97. The molecule has 3 rings (SSSR count). The van der Waals surface area contributed by atoms with Crippen LogP contribution in [0.5, 0.6) is 0 Å². The minimum atomic E-state index is -0.203. The molecule has 2 bridgehead atoms. The predicted molar refractivity (Wildman–Crippen MR) is 44.4 cm³/mol. The Morgan fingerprint density at radius 3 is 2.62 bits per heavy atom. The second-order valence-electron chi connectivity index (χ2n) is 3.88. The van der Waals surface area contributed by atoms with Gasteiger partial charge >= 0.3 is 0 Å². The van der Waals surface area contributed by atoms with Gasteiger partial charge in [-0.3, -0.25) is 4.79 Å². The summed E-state index contributed by atoms with van der Waals surface area (Å²) in [4.78, 5) is 13.0. The number of aliphatic hydroxyl groups is 1. The lowest BCUT2D eigenvalue weighted by Crippen LogP contribution is -2.59. The Balaban J connectivity index is 1.92. The van der Waals surface area contributed by atoms with Gasteiger partial charge in [-0.2, -0.15) is 5.26 Å². The Morgan fingerprint density at radius 1 is 1.54 bits per heavy atom. The molecule has 0 aromatic heterocycles. The number of piperidine rings is 2. The van der Waals surface area contributed by atoms with Gasteiger partial charge < -0.3 is 10.0 Å². The zero-order valence-corrected chi connectivity index (χ0v) is 7.31. The average Bonchev–Trinajstić information content (AvgIpc) is 2.17. The van der Waals surface area contributed by atoms with Crippen molar-refractivity contribution >= 4 is 5.91 Å². The van der Waals surface area contributed by atoms with Crippen molar-refractivity contribution in [2.24, 2.45) is 11.8 Å². The van der Waals surface area contributed by atoms with E-state index in [-0.39, 0.29) is 30.3 Å². The highest BCUT2D eigenvalue weighted by Gasteiger charge is 2.46. The second kappa shape index (κ2) is 3.00. The summed E-state index contributed by atoms with van der Waals surface area (Å²) in [5.74, 6) is 0.437. The molecule has 70 valence electrons. The minimum Gasteiger partial charge on any atom is -0.392 e. The van der Waals surface area contributed by atoms with Crippen LogP contribution >= 0.6 is 0 Å². The third kappa shape index (κ3) is 1.29. The van der Waals surface area contributed by atoms with Crippen molar-refractivity contribution in [3.63, 3.8) is 0 Å². The fourth-order valence-electron chi connectivity index (χ4n) is 2.25. The first-order chi connectivity index (χ1) is 6.22. The summed E-state index contributed by atoms with van der Waals surface area (Å²) in [5, 5.41) is 17.8. The van der Waals surface area contributed by atoms with Gasteiger partial charge in [0.2, 0.25) is 5.91 Å². The van der Waals surface area contributed by atoms with E-state index in [1.165, 1.54) is 0 Å². The van der Waals surface area contributed by atoms with Crippen LogP contribution in [0.3, 0.4) is 0 Å². The molecule has 4 nitrogen and oxygen atoms in total. The topological polar surface area (TPSA) is 64.3 Å². The number of hydrogen-bond acceptors (Lipinski definition) is 3. The van der Waals surface area contributed by atoms with Crippen molar-refractivity contribution in [2.45, 2.75) is 18.9 Å². The number of rotatable bonds is 1. The van der Waals surface area contributed by atoms with Crippen molar-refractivity contribution in [1.29, 1.82) is 5.26 Å². The molecule has 3 fully saturated rings. The molecule has 1 amide bonds. The van der Waals surface area contributed by atoms with E-state index >= 15 is 0 Å². The molecule has 1 aliphatic carbocycles. The largest absolute Gasteiger partial charge is 0.392 e. The summed E-state index contributed by atoms with van der Waals surface area (Å²) in [6.07, 6.45) is 0.804. The maximum absolute atomic E-state index is 11.3. The van der Waals surface area contributed by atoms with E-state index in [1.807, 2.05) is 6.07 Å². The summed E-state index contributed by atoms with van der Waals surface area (Å²) in [5.41, 5.74) is 0.